The second-order valence-corrected chi connectivity index (χ2v) is 11.5. The van der Waals surface area contributed by atoms with Crippen LogP contribution in [0.2, 0.25) is 0 Å². The van der Waals surface area contributed by atoms with E-state index in [-0.39, 0.29) is 17.5 Å². The molecule has 0 N–H and O–H groups in total. The Bertz CT molecular complexity index is 1070. The van der Waals surface area contributed by atoms with E-state index in [1.165, 1.54) is 17.7 Å². The summed E-state index contributed by atoms with van der Waals surface area (Å²) in [5, 5.41) is 10.9. The van der Waals surface area contributed by atoms with E-state index in [1.54, 1.807) is 16.4 Å². The largest absolute Gasteiger partial charge is 0.369 e. The van der Waals surface area contributed by atoms with E-state index in [0.717, 1.165) is 16.8 Å². The van der Waals surface area contributed by atoms with Crippen LogP contribution in [0, 0.1) is 10.1 Å². The van der Waals surface area contributed by atoms with Crippen LogP contribution in [0.4, 0.5) is 11.4 Å². The van der Waals surface area contributed by atoms with E-state index >= 15 is 0 Å². The average molecular weight is 474 g/mol. The predicted octanol–water partition coefficient (Wildman–Crippen LogP) is 5.48. The van der Waals surface area contributed by atoms with Gasteiger partial charge in [0.05, 0.1) is 9.82 Å². The van der Waals surface area contributed by atoms with Crippen molar-refractivity contribution in [1.82, 2.24) is 4.31 Å². The second kappa shape index (κ2) is 9.81. The molecule has 0 unspecified atom stereocenters. The third-order valence-corrected chi connectivity index (χ3v) is 8.37. The van der Waals surface area contributed by atoms with Gasteiger partial charge in [0.1, 0.15) is 0 Å². The van der Waals surface area contributed by atoms with E-state index in [1.807, 2.05) is 0 Å². The molecule has 1 saturated heterocycles. The molecule has 1 fully saturated rings. The molecule has 1 aliphatic heterocycles. The molecule has 0 bridgehead atoms. The smallest absolute Gasteiger partial charge is 0.269 e. The van der Waals surface area contributed by atoms with E-state index < -0.39 is 14.9 Å². The Balaban J connectivity index is 1.91. The lowest BCUT2D eigenvalue weighted by molar-refractivity contribution is -0.384. The van der Waals surface area contributed by atoms with Gasteiger partial charge in [0.2, 0.25) is 10.0 Å². The zero-order valence-corrected chi connectivity index (χ0v) is 21.2. The van der Waals surface area contributed by atoms with Crippen LogP contribution in [0.1, 0.15) is 76.0 Å². The summed E-state index contributed by atoms with van der Waals surface area (Å²) in [7, 11) is -3.66. The summed E-state index contributed by atoms with van der Waals surface area (Å²) in [6, 6.07) is 10.6. The van der Waals surface area contributed by atoms with Gasteiger partial charge in [-0.2, -0.15) is 4.31 Å². The molecule has 0 spiro atoms. The Labute approximate surface area is 197 Å². The molecule has 1 heterocycles. The van der Waals surface area contributed by atoms with Crippen LogP contribution in [-0.2, 0) is 10.0 Å². The molecule has 8 heteroatoms. The number of sulfonamides is 1. The topological polar surface area (TPSA) is 83.8 Å². The number of anilines is 1. The van der Waals surface area contributed by atoms with Crippen molar-refractivity contribution in [2.24, 2.45) is 0 Å². The lowest BCUT2D eigenvalue weighted by Gasteiger charge is -2.36. The monoisotopic (exact) mass is 473 g/mol. The first-order chi connectivity index (χ1) is 15.4. The van der Waals surface area contributed by atoms with Crippen LogP contribution >= 0.6 is 0 Å². The SMILES string of the molecule is CC(C)c1cc(C(C)C)c(S(=O)(=O)N2CCN(c3ccc([N+](=O)[O-])cc3)CC2)c(C(C)C)c1. The molecule has 180 valence electrons. The third-order valence-electron chi connectivity index (χ3n) is 6.34. The molecule has 1 aliphatic rings. The van der Waals surface area contributed by atoms with Crippen LogP contribution in [-0.4, -0.2) is 43.8 Å². The number of piperazine rings is 1. The fraction of sp³-hybridized carbons (Fsp3) is 0.520. The van der Waals surface area contributed by atoms with Gasteiger partial charge in [-0.05, 0) is 46.6 Å². The van der Waals surface area contributed by atoms with E-state index in [0.29, 0.717) is 37.0 Å². The Hall–Kier alpha value is -2.45. The quantitative estimate of drug-likeness (QED) is 0.393. The summed E-state index contributed by atoms with van der Waals surface area (Å²) in [6.45, 7) is 14.3. The van der Waals surface area contributed by atoms with Crippen LogP contribution < -0.4 is 4.90 Å². The molecule has 3 rings (SSSR count). The minimum Gasteiger partial charge on any atom is -0.369 e. The summed E-state index contributed by atoms with van der Waals surface area (Å²) >= 11 is 0. The maximum absolute atomic E-state index is 13.9. The lowest BCUT2D eigenvalue weighted by atomic mass is 9.89. The standard InChI is InChI=1S/C25H35N3O4S/c1-17(2)20-15-23(18(3)4)25(24(16-20)19(5)6)33(31,32)27-13-11-26(12-14-27)21-7-9-22(10-8-21)28(29)30/h7-10,15-19H,11-14H2,1-6H3. The predicted molar refractivity (Wildman–Crippen MR) is 133 cm³/mol. The maximum Gasteiger partial charge on any atom is 0.269 e. The number of benzene rings is 2. The van der Waals surface area contributed by atoms with Crippen molar-refractivity contribution in [3.63, 3.8) is 0 Å². The highest BCUT2D eigenvalue weighted by atomic mass is 32.2. The Morgan fingerprint density at radius 3 is 1.70 bits per heavy atom. The number of nitrogens with zero attached hydrogens (tertiary/aromatic N) is 3. The van der Waals surface area contributed by atoms with Gasteiger partial charge < -0.3 is 4.90 Å². The normalized spacial score (nSPS) is 15.6. The minimum absolute atomic E-state index is 0.0484. The number of non-ortho nitro benzene ring substituents is 1. The molecule has 33 heavy (non-hydrogen) atoms. The van der Waals surface area contributed by atoms with Gasteiger partial charge in [0.15, 0.2) is 0 Å². The van der Waals surface area contributed by atoms with Crippen molar-refractivity contribution in [2.45, 2.75) is 64.2 Å². The molecule has 0 amide bonds. The molecule has 0 radical (unpaired) electrons. The van der Waals surface area contributed by atoms with E-state index in [9.17, 15) is 18.5 Å². The summed E-state index contributed by atoms with van der Waals surface area (Å²) < 4.78 is 29.4. The first-order valence-corrected chi connectivity index (χ1v) is 13.0. The minimum atomic E-state index is -3.66. The summed E-state index contributed by atoms with van der Waals surface area (Å²) in [6.07, 6.45) is 0. The van der Waals surface area contributed by atoms with Gasteiger partial charge in [-0.3, -0.25) is 10.1 Å². The summed E-state index contributed by atoms with van der Waals surface area (Å²) in [5.74, 6) is 0.502. The Morgan fingerprint density at radius 2 is 1.30 bits per heavy atom. The molecular weight excluding hydrogens is 438 g/mol. The first kappa shape index (κ1) is 25.2. The number of nitro benzene ring substituents is 1. The maximum atomic E-state index is 13.9. The lowest BCUT2D eigenvalue weighted by Crippen LogP contribution is -2.49. The molecule has 2 aromatic rings. The van der Waals surface area contributed by atoms with Crippen molar-refractivity contribution in [3.05, 3.63) is 63.2 Å². The van der Waals surface area contributed by atoms with Gasteiger partial charge in [0, 0.05) is 44.0 Å². The molecule has 0 atom stereocenters. The highest BCUT2D eigenvalue weighted by molar-refractivity contribution is 7.89. The number of hydrogen-bond donors (Lipinski definition) is 0. The number of rotatable bonds is 7. The third kappa shape index (κ3) is 5.22. The van der Waals surface area contributed by atoms with Crippen LogP contribution in [0.25, 0.3) is 0 Å². The fourth-order valence-corrected chi connectivity index (χ4v) is 6.38. The van der Waals surface area contributed by atoms with E-state index in [4.69, 9.17) is 0 Å². The van der Waals surface area contributed by atoms with Gasteiger partial charge in [-0.15, -0.1) is 0 Å². The summed E-state index contributed by atoms with van der Waals surface area (Å²) in [5.41, 5.74) is 3.87. The van der Waals surface area contributed by atoms with Crippen molar-refractivity contribution in [2.75, 3.05) is 31.1 Å². The molecule has 0 aliphatic carbocycles. The fourth-order valence-electron chi connectivity index (χ4n) is 4.29. The molecule has 2 aromatic carbocycles. The van der Waals surface area contributed by atoms with Gasteiger partial charge in [-0.1, -0.05) is 53.7 Å². The second-order valence-electron chi connectivity index (χ2n) is 9.66. The van der Waals surface area contributed by atoms with Crippen LogP contribution in [0.3, 0.4) is 0 Å². The van der Waals surface area contributed by atoms with Gasteiger partial charge in [-0.25, -0.2) is 8.42 Å². The van der Waals surface area contributed by atoms with Crippen molar-refractivity contribution >= 4 is 21.4 Å². The Morgan fingerprint density at radius 1 is 0.818 bits per heavy atom. The highest BCUT2D eigenvalue weighted by Gasteiger charge is 2.34. The van der Waals surface area contributed by atoms with Crippen molar-refractivity contribution in [3.8, 4) is 0 Å². The molecule has 0 aromatic heterocycles. The highest BCUT2D eigenvalue weighted by Crippen LogP contribution is 2.37. The Kier molecular flexibility index (Phi) is 7.49. The van der Waals surface area contributed by atoms with Crippen LogP contribution in [0.15, 0.2) is 41.3 Å². The zero-order chi connectivity index (χ0) is 24.5. The summed E-state index contributed by atoms with van der Waals surface area (Å²) in [4.78, 5) is 13.0. The number of hydrogen-bond acceptors (Lipinski definition) is 5. The molecule has 0 saturated carbocycles. The van der Waals surface area contributed by atoms with Gasteiger partial charge >= 0.3 is 0 Å². The van der Waals surface area contributed by atoms with Crippen molar-refractivity contribution < 1.29 is 13.3 Å². The number of nitro groups is 1. The average Bonchev–Trinajstić information content (AvgIpc) is 2.78. The first-order valence-electron chi connectivity index (χ1n) is 11.6. The molecule has 7 nitrogen and oxygen atoms in total. The van der Waals surface area contributed by atoms with E-state index in [2.05, 4.69) is 58.6 Å². The van der Waals surface area contributed by atoms with Crippen LogP contribution in [0.5, 0.6) is 0 Å². The van der Waals surface area contributed by atoms with Crippen molar-refractivity contribution in [1.29, 1.82) is 0 Å². The van der Waals surface area contributed by atoms with Gasteiger partial charge in [0.25, 0.3) is 5.69 Å². The molecular formula is C25H35N3O4S. The zero-order valence-electron chi connectivity index (χ0n) is 20.4.